The lowest BCUT2D eigenvalue weighted by molar-refractivity contribution is -0.141. The van der Waals surface area contributed by atoms with E-state index in [4.69, 9.17) is 0 Å². The molecule has 0 saturated carbocycles. The number of carbonyl (C=O) groups is 1. The molecule has 128 valence electrons. The van der Waals surface area contributed by atoms with Crippen LogP contribution in [0.2, 0.25) is 0 Å². The molecular formula is C17H25NO4S. The number of carbonyl (C=O) groups excluding carboxylic acids is 1. The van der Waals surface area contributed by atoms with Crippen molar-refractivity contribution in [2.24, 2.45) is 0 Å². The molecule has 0 spiro atoms. The molecule has 0 unspecified atom stereocenters. The summed E-state index contributed by atoms with van der Waals surface area (Å²) in [7, 11) is -2.20. The molecule has 1 heterocycles. The van der Waals surface area contributed by atoms with Gasteiger partial charge in [0.2, 0.25) is 10.0 Å². The summed E-state index contributed by atoms with van der Waals surface area (Å²) in [6, 6.07) is 6.73. The molecular weight excluding hydrogens is 314 g/mol. The van der Waals surface area contributed by atoms with Crippen LogP contribution in [0.25, 0.3) is 0 Å². The van der Waals surface area contributed by atoms with E-state index in [0.717, 1.165) is 24.8 Å². The van der Waals surface area contributed by atoms with Gasteiger partial charge in [0, 0.05) is 18.5 Å². The number of aryl methyl sites for hydroxylation is 1. The number of ether oxygens (including phenoxy) is 1. The van der Waals surface area contributed by atoms with Crippen molar-refractivity contribution in [2.75, 3.05) is 7.11 Å². The maximum absolute atomic E-state index is 13.0. The van der Waals surface area contributed by atoms with Gasteiger partial charge in [0.25, 0.3) is 0 Å². The minimum atomic E-state index is -3.55. The largest absolute Gasteiger partial charge is 0.469 e. The molecule has 1 aromatic rings. The third-order valence-electron chi connectivity index (χ3n) is 4.46. The van der Waals surface area contributed by atoms with Gasteiger partial charge in [-0.3, -0.25) is 4.79 Å². The van der Waals surface area contributed by atoms with Crippen molar-refractivity contribution in [1.29, 1.82) is 0 Å². The van der Waals surface area contributed by atoms with Gasteiger partial charge in [0.05, 0.1) is 12.0 Å². The first-order valence-corrected chi connectivity index (χ1v) is 9.47. The Morgan fingerprint density at radius 1 is 1.26 bits per heavy atom. The normalized spacial score (nSPS) is 22.7. The molecule has 0 N–H and O–H groups in total. The van der Waals surface area contributed by atoms with Crippen LogP contribution in [0.15, 0.2) is 29.2 Å². The third kappa shape index (κ3) is 4.12. The van der Waals surface area contributed by atoms with Gasteiger partial charge in [-0.15, -0.1) is 0 Å². The van der Waals surface area contributed by atoms with Crippen LogP contribution in [0.5, 0.6) is 0 Å². The number of sulfonamides is 1. The highest BCUT2D eigenvalue weighted by atomic mass is 32.2. The number of benzene rings is 1. The molecule has 0 bridgehead atoms. The van der Waals surface area contributed by atoms with Gasteiger partial charge in [-0.1, -0.05) is 24.1 Å². The smallest absolute Gasteiger partial charge is 0.305 e. The summed E-state index contributed by atoms with van der Waals surface area (Å²) in [6.45, 7) is 3.87. The molecule has 1 saturated heterocycles. The Labute approximate surface area is 138 Å². The Morgan fingerprint density at radius 2 is 1.91 bits per heavy atom. The van der Waals surface area contributed by atoms with Crippen LogP contribution in [0.3, 0.4) is 0 Å². The van der Waals surface area contributed by atoms with Crippen molar-refractivity contribution < 1.29 is 17.9 Å². The second-order valence-corrected chi connectivity index (χ2v) is 8.04. The van der Waals surface area contributed by atoms with Crippen molar-refractivity contribution in [3.8, 4) is 0 Å². The van der Waals surface area contributed by atoms with E-state index in [1.165, 1.54) is 7.11 Å². The van der Waals surface area contributed by atoms with Crippen molar-refractivity contribution in [3.63, 3.8) is 0 Å². The molecule has 1 aromatic carbocycles. The van der Waals surface area contributed by atoms with Gasteiger partial charge < -0.3 is 4.74 Å². The molecule has 5 nitrogen and oxygen atoms in total. The topological polar surface area (TPSA) is 63.7 Å². The van der Waals surface area contributed by atoms with Crippen LogP contribution in [0.4, 0.5) is 0 Å². The SMILES string of the molecule is COC(=O)CC[C@H]1CCC[C@@H](C)N1S(=O)(=O)c1ccc(C)cc1. The predicted octanol–water partition coefficient (Wildman–Crippen LogP) is 2.88. The second kappa shape index (κ2) is 7.45. The molecule has 0 radical (unpaired) electrons. The van der Waals surface area contributed by atoms with Gasteiger partial charge in [-0.2, -0.15) is 4.31 Å². The monoisotopic (exact) mass is 339 g/mol. The lowest BCUT2D eigenvalue weighted by Crippen LogP contribution is -2.48. The van der Waals surface area contributed by atoms with Gasteiger partial charge in [0.1, 0.15) is 0 Å². The molecule has 1 fully saturated rings. The molecule has 2 rings (SSSR count). The van der Waals surface area contributed by atoms with Crippen molar-refractivity contribution in [2.45, 2.75) is 62.9 Å². The highest BCUT2D eigenvalue weighted by molar-refractivity contribution is 7.89. The average molecular weight is 339 g/mol. The van der Waals surface area contributed by atoms with E-state index in [2.05, 4.69) is 4.74 Å². The number of nitrogens with zero attached hydrogens (tertiary/aromatic N) is 1. The van der Waals surface area contributed by atoms with Gasteiger partial charge in [0.15, 0.2) is 0 Å². The molecule has 6 heteroatoms. The zero-order chi connectivity index (χ0) is 17.0. The Morgan fingerprint density at radius 3 is 2.52 bits per heavy atom. The zero-order valence-electron chi connectivity index (χ0n) is 14.0. The maximum Gasteiger partial charge on any atom is 0.305 e. The molecule has 0 aliphatic carbocycles. The summed E-state index contributed by atoms with van der Waals surface area (Å²) in [6.07, 6.45) is 3.36. The first-order chi connectivity index (χ1) is 10.9. The minimum Gasteiger partial charge on any atom is -0.469 e. The summed E-state index contributed by atoms with van der Waals surface area (Å²) >= 11 is 0. The van der Waals surface area contributed by atoms with E-state index < -0.39 is 10.0 Å². The highest BCUT2D eigenvalue weighted by Gasteiger charge is 2.37. The Balaban J connectivity index is 2.26. The summed E-state index contributed by atoms with van der Waals surface area (Å²) < 4.78 is 32.4. The second-order valence-electron chi connectivity index (χ2n) is 6.20. The number of methoxy groups -OCH3 is 1. The summed E-state index contributed by atoms with van der Waals surface area (Å²) in [5.41, 5.74) is 1.03. The quantitative estimate of drug-likeness (QED) is 0.774. The van der Waals surface area contributed by atoms with Gasteiger partial charge in [-0.05, 0) is 45.2 Å². The van der Waals surface area contributed by atoms with Crippen molar-refractivity contribution in [1.82, 2.24) is 4.31 Å². The van der Waals surface area contributed by atoms with Crippen molar-refractivity contribution in [3.05, 3.63) is 29.8 Å². The van der Waals surface area contributed by atoms with E-state index in [1.54, 1.807) is 16.4 Å². The fourth-order valence-corrected chi connectivity index (χ4v) is 5.09. The summed E-state index contributed by atoms with van der Waals surface area (Å²) in [5, 5.41) is 0. The van der Waals surface area contributed by atoms with Crippen LogP contribution in [0, 0.1) is 6.92 Å². The standard InChI is InChI=1S/C17H25NO4S/c1-13-7-10-16(11-8-13)23(20,21)18-14(2)5-4-6-15(18)9-12-17(19)22-3/h7-8,10-11,14-15H,4-6,9,12H2,1-3H3/t14-,15-/m1/s1. The molecule has 0 amide bonds. The number of piperidine rings is 1. The van der Waals surface area contributed by atoms with E-state index >= 15 is 0 Å². The third-order valence-corrected chi connectivity index (χ3v) is 6.54. The highest BCUT2D eigenvalue weighted by Crippen LogP contribution is 2.32. The Kier molecular flexibility index (Phi) is 5.81. The summed E-state index contributed by atoms with van der Waals surface area (Å²) in [4.78, 5) is 11.7. The average Bonchev–Trinajstić information content (AvgIpc) is 2.52. The molecule has 23 heavy (non-hydrogen) atoms. The van der Waals surface area contributed by atoms with Crippen LogP contribution >= 0.6 is 0 Å². The number of hydrogen-bond donors (Lipinski definition) is 0. The van der Waals surface area contributed by atoms with E-state index in [9.17, 15) is 13.2 Å². The maximum atomic E-state index is 13.0. The predicted molar refractivity (Wildman–Crippen MR) is 88.6 cm³/mol. The van der Waals surface area contributed by atoms with E-state index in [-0.39, 0.29) is 24.5 Å². The Bertz CT molecular complexity index is 639. The van der Waals surface area contributed by atoms with Gasteiger partial charge in [-0.25, -0.2) is 8.42 Å². The first-order valence-electron chi connectivity index (χ1n) is 8.03. The fourth-order valence-electron chi connectivity index (χ4n) is 3.19. The summed E-state index contributed by atoms with van der Waals surface area (Å²) in [5.74, 6) is -0.295. The molecule has 1 aliphatic heterocycles. The first kappa shape index (κ1) is 17.9. The molecule has 2 atom stereocenters. The number of hydrogen-bond acceptors (Lipinski definition) is 4. The van der Waals surface area contributed by atoms with Crippen LogP contribution in [-0.2, 0) is 19.6 Å². The van der Waals surface area contributed by atoms with Crippen LogP contribution in [0.1, 0.15) is 44.6 Å². The molecule has 0 aromatic heterocycles. The van der Waals surface area contributed by atoms with Crippen LogP contribution < -0.4 is 0 Å². The zero-order valence-corrected chi connectivity index (χ0v) is 14.8. The van der Waals surface area contributed by atoms with Crippen LogP contribution in [-0.4, -0.2) is 37.9 Å². The minimum absolute atomic E-state index is 0.0577. The molecule has 1 aliphatic rings. The lowest BCUT2D eigenvalue weighted by atomic mass is 9.96. The van der Waals surface area contributed by atoms with E-state index in [1.807, 2.05) is 26.0 Å². The number of esters is 1. The number of rotatable bonds is 5. The Hall–Kier alpha value is -1.40. The fraction of sp³-hybridized carbons (Fsp3) is 0.588. The van der Waals surface area contributed by atoms with E-state index in [0.29, 0.717) is 11.3 Å². The van der Waals surface area contributed by atoms with Gasteiger partial charge >= 0.3 is 5.97 Å². The van der Waals surface area contributed by atoms with Crippen molar-refractivity contribution >= 4 is 16.0 Å². The lowest BCUT2D eigenvalue weighted by Gasteiger charge is -2.39.